The average Bonchev–Trinajstić information content (AvgIpc) is 3.39. The molecule has 156 valence electrons. The van der Waals surface area contributed by atoms with Crippen molar-refractivity contribution in [1.82, 2.24) is 29.7 Å². The van der Waals surface area contributed by atoms with Crippen LogP contribution in [-0.2, 0) is 12.0 Å². The number of likely N-dealkylation sites (N-methyl/N-ethyl adjacent to an activating group) is 3. The summed E-state index contributed by atoms with van der Waals surface area (Å²) in [6.07, 6.45) is 4.95. The molecule has 0 bridgehead atoms. The second-order valence-corrected chi connectivity index (χ2v) is 9.16. The molecule has 0 spiro atoms. The van der Waals surface area contributed by atoms with Crippen molar-refractivity contribution in [3.8, 4) is 5.69 Å². The van der Waals surface area contributed by atoms with Crippen molar-refractivity contribution in [3.63, 3.8) is 0 Å². The molecular weight excluding hydrogens is 362 g/mol. The van der Waals surface area contributed by atoms with Gasteiger partial charge in [0, 0.05) is 57.4 Å². The van der Waals surface area contributed by atoms with Crippen LogP contribution >= 0.6 is 0 Å². The Morgan fingerprint density at radius 3 is 2.62 bits per heavy atom. The van der Waals surface area contributed by atoms with Crippen LogP contribution in [0.25, 0.3) is 5.69 Å². The molecule has 1 aromatic heterocycles. The van der Waals surface area contributed by atoms with E-state index in [1.165, 1.54) is 17.7 Å². The van der Waals surface area contributed by atoms with Gasteiger partial charge in [-0.3, -0.25) is 9.80 Å². The Morgan fingerprint density at radius 2 is 1.86 bits per heavy atom. The number of rotatable bonds is 4. The van der Waals surface area contributed by atoms with Crippen molar-refractivity contribution >= 4 is 5.69 Å². The molecule has 29 heavy (non-hydrogen) atoms. The second-order valence-electron chi connectivity index (χ2n) is 9.16. The molecule has 2 saturated heterocycles. The van der Waals surface area contributed by atoms with Crippen molar-refractivity contribution < 1.29 is 0 Å². The smallest absolute Gasteiger partial charge is 0.0971 e. The highest BCUT2D eigenvalue weighted by atomic mass is 15.4. The van der Waals surface area contributed by atoms with Gasteiger partial charge in [-0.05, 0) is 50.7 Å². The summed E-state index contributed by atoms with van der Waals surface area (Å²) in [7, 11) is 6.69. The van der Waals surface area contributed by atoms with E-state index in [9.17, 15) is 0 Å². The number of hydrogen-bond acceptors (Lipinski definition) is 6. The summed E-state index contributed by atoms with van der Waals surface area (Å²) in [5.74, 6) is 0. The van der Waals surface area contributed by atoms with Gasteiger partial charge in [0.15, 0.2) is 0 Å². The predicted octanol–water partition coefficient (Wildman–Crippen LogP) is 1.77. The lowest BCUT2D eigenvalue weighted by Crippen LogP contribution is -2.46. The molecule has 3 aliphatic heterocycles. The lowest BCUT2D eigenvalue weighted by atomic mass is 9.77. The summed E-state index contributed by atoms with van der Waals surface area (Å²) in [6, 6.07) is 6.83. The van der Waals surface area contributed by atoms with E-state index in [0.29, 0.717) is 6.17 Å². The van der Waals surface area contributed by atoms with Gasteiger partial charge >= 0.3 is 0 Å². The number of piperazine rings is 1. The van der Waals surface area contributed by atoms with Gasteiger partial charge < -0.3 is 9.80 Å². The highest BCUT2D eigenvalue weighted by Gasteiger charge is 2.54. The van der Waals surface area contributed by atoms with Crippen LogP contribution < -0.4 is 4.90 Å². The summed E-state index contributed by atoms with van der Waals surface area (Å²) in [4.78, 5) is 9.83. The topological polar surface area (TPSA) is 43.7 Å². The number of anilines is 1. The zero-order chi connectivity index (χ0) is 20.2. The molecule has 0 amide bonds. The standard InChI is InChI=1S/C22H33N7/c1-5-22-8-9-26(3)21(22)27(4)20-7-6-18(14-19(20)22)29-16-17(23-24-29)15-28-12-10-25(2)11-13-28/h6-7,14,16,21H,5,8-13,15H2,1-4H3/t21-,22+/m1/s1. The first kappa shape index (κ1) is 19.0. The maximum Gasteiger partial charge on any atom is 0.0971 e. The van der Waals surface area contributed by atoms with Crippen LogP contribution in [0.5, 0.6) is 0 Å². The molecule has 3 aliphatic rings. The average molecular weight is 396 g/mol. The van der Waals surface area contributed by atoms with Crippen LogP contribution in [0.3, 0.4) is 0 Å². The zero-order valence-electron chi connectivity index (χ0n) is 18.2. The van der Waals surface area contributed by atoms with Crippen LogP contribution in [0.4, 0.5) is 5.69 Å². The van der Waals surface area contributed by atoms with Gasteiger partial charge in [-0.25, -0.2) is 4.68 Å². The highest BCUT2D eigenvalue weighted by molar-refractivity contribution is 5.67. The van der Waals surface area contributed by atoms with Crippen LogP contribution in [0.1, 0.15) is 31.0 Å². The molecule has 0 radical (unpaired) electrons. The van der Waals surface area contributed by atoms with Gasteiger partial charge in [0.1, 0.15) is 0 Å². The third-order valence-corrected chi connectivity index (χ3v) is 7.50. The Labute approximate surface area is 173 Å². The first-order valence-corrected chi connectivity index (χ1v) is 10.9. The van der Waals surface area contributed by atoms with E-state index < -0.39 is 0 Å². The molecule has 7 nitrogen and oxygen atoms in total. The molecule has 0 unspecified atom stereocenters. The van der Waals surface area contributed by atoms with Gasteiger partial charge in [-0.2, -0.15) is 0 Å². The lowest BCUT2D eigenvalue weighted by molar-refractivity contribution is 0.147. The van der Waals surface area contributed by atoms with E-state index in [2.05, 4.69) is 82.4 Å². The quantitative estimate of drug-likeness (QED) is 0.786. The highest BCUT2D eigenvalue weighted by Crippen LogP contribution is 2.53. The Hall–Kier alpha value is -1.96. The minimum atomic E-state index is 0.220. The molecule has 0 N–H and O–H groups in total. The van der Waals surface area contributed by atoms with Crippen molar-refractivity contribution in [2.75, 3.05) is 58.8 Å². The number of hydrogen-bond donors (Lipinski definition) is 0. The summed E-state index contributed by atoms with van der Waals surface area (Å²) in [5, 5.41) is 8.94. The first-order valence-electron chi connectivity index (χ1n) is 10.9. The first-order chi connectivity index (χ1) is 14.0. The number of benzene rings is 1. The lowest BCUT2D eigenvalue weighted by Gasteiger charge is -2.34. The number of aromatic nitrogens is 3. The fraction of sp³-hybridized carbons (Fsp3) is 0.636. The minimum absolute atomic E-state index is 0.220. The molecule has 2 aromatic rings. The zero-order valence-corrected chi connectivity index (χ0v) is 18.2. The van der Waals surface area contributed by atoms with Crippen molar-refractivity contribution in [2.45, 2.75) is 37.9 Å². The molecule has 0 saturated carbocycles. The van der Waals surface area contributed by atoms with E-state index in [0.717, 1.165) is 57.1 Å². The predicted molar refractivity (Wildman–Crippen MR) is 116 cm³/mol. The fourth-order valence-corrected chi connectivity index (χ4v) is 5.78. The fourth-order valence-electron chi connectivity index (χ4n) is 5.78. The maximum absolute atomic E-state index is 4.47. The maximum atomic E-state index is 4.47. The molecule has 1 aromatic carbocycles. The second kappa shape index (κ2) is 7.07. The normalized spacial score (nSPS) is 28.1. The minimum Gasteiger partial charge on any atom is -0.358 e. The van der Waals surface area contributed by atoms with Crippen LogP contribution in [-0.4, -0.2) is 89.7 Å². The Kier molecular flexibility index (Phi) is 4.64. The van der Waals surface area contributed by atoms with Crippen molar-refractivity contribution in [1.29, 1.82) is 0 Å². The summed E-state index contributed by atoms with van der Waals surface area (Å²) < 4.78 is 1.96. The molecule has 7 heteroatoms. The largest absolute Gasteiger partial charge is 0.358 e. The van der Waals surface area contributed by atoms with E-state index in [1.807, 2.05) is 4.68 Å². The van der Waals surface area contributed by atoms with Crippen LogP contribution in [0, 0.1) is 0 Å². The van der Waals surface area contributed by atoms with Gasteiger partial charge in [0.2, 0.25) is 0 Å². The Bertz CT molecular complexity index is 885. The molecule has 5 rings (SSSR count). The Balaban J connectivity index is 1.41. The number of likely N-dealkylation sites (tertiary alicyclic amines) is 1. The van der Waals surface area contributed by atoms with Crippen LogP contribution in [0.15, 0.2) is 24.4 Å². The molecule has 4 heterocycles. The number of fused-ring (bicyclic) bond motifs is 3. The van der Waals surface area contributed by atoms with Crippen molar-refractivity contribution in [2.24, 2.45) is 0 Å². The van der Waals surface area contributed by atoms with Gasteiger partial charge in [-0.15, -0.1) is 5.10 Å². The third-order valence-electron chi connectivity index (χ3n) is 7.50. The third kappa shape index (κ3) is 2.98. The van der Waals surface area contributed by atoms with Gasteiger partial charge in [0.05, 0.1) is 23.7 Å². The monoisotopic (exact) mass is 395 g/mol. The summed E-state index contributed by atoms with van der Waals surface area (Å²) in [5.41, 5.74) is 5.24. The molecular formula is C22H33N7. The SMILES string of the molecule is CC[C@@]12CCN(C)[C@@H]1N(C)c1ccc(-n3cc(CN4CCN(C)CC4)nn3)cc12. The molecule has 2 atom stereocenters. The van der Waals surface area contributed by atoms with E-state index in [1.54, 1.807) is 0 Å². The van der Waals surface area contributed by atoms with Crippen molar-refractivity contribution in [3.05, 3.63) is 35.7 Å². The molecule has 0 aliphatic carbocycles. The number of nitrogens with zero attached hydrogens (tertiary/aromatic N) is 7. The summed E-state index contributed by atoms with van der Waals surface area (Å²) >= 11 is 0. The van der Waals surface area contributed by atoms with E-state index >= 15 is 0 Å². The van der Waals surface area contributed by atoms with Gasteiger partial charge in [0.25, 0.3) is 0 Å². The van der Waals surface area contributed by atoms with E-state index in [4.69, 9.17) is 0 Å². The molecule has 2 fully saturated rings. The Morgan fingerprint density at radius 1 is 1.07 bits per heavy atom. The van der Waals surface area contributed by atoms with Gasteiger partial charge in [-0.1, -0.05) is 12.1 Å². The van der Waals surface area contributed by atoms with Crippen LogP contribution in [0.2, 0.25) is 0 Å². The summed E-state index contributed by atoms with van der Waals surface area (Å²) in [6.45, 7) is 8.83. The van der Waals surface area contributed by atoms with E-state index in [-0.39, 0.29) is 5.41 Å².